The van der Waals surface area contributed by atoms with Crippen LogP contribution in [0.3, 0.4) is 0 Å². The van der Waals surface area contributed by atoms with Gasteiger partial charge in [-0.1, -0.05) is 22.6 Å². The van der Waals surface area contributed by atoms with E-state index in [9.17, 15) is 9.90 Å². The van der Waals surface area contributed by atoms with E-state index in [2.05, 4.69) is 22.6 Å². The number of rotatable bonds is 4. The normalized spacial score (nSPS) is 10.9. The third-order valence-electron chi connectivity index (χ3n) is 2.75. The van der Waals surface area contributed by atoms with Crippen LogP contribution >= 0.6 is 22.6 Å². The highest BCUT2D eigenvalue weighted by molar-refractivity contribution is 14.1. The summed E-state index contributed by atoms with van der Waals surface area (Å²) in [5.74, 6) is -0.0544. The van der Waals surface area contributed by atoms with Gasteiger partial charge in [-0.2, -0.15) is 0 Å². The number of fused-ring (bicyclic) bond motifs is 1. The lowest BCUT2D eigenvalue weighted by Crippen LogP contribution is -2.01. The van der Waals surface area contributed by atoms with Crippen molar-refractivity contribution in [3.63, 3.8) is 0 Å². The quantitative estimate of drug-likeness (QED) is 0.523. The fourth-order valence-electron chi connectivity index (χ4n) is 1.99. The summed E-state index contributed by atoms with van der Waals surface area (Å²) in [4.78, 5) is 11.6. The fraction of sp³-hybridized carbons (Fsp3) is 0.308. The number of hydrogen-bond acceptors (Lipinski definition) is 3. The number of furan rings is 1. The van der Waals surface area contributed by atoms with Gasteiger partial charge in [0.15, 0.2) is 5.78 Å². The molecule has 0 atom stereocenters. The van der Waals surface area contributed by atoms with Gasteiger partial charge in [-0.3, -0.25) is 4.79 Å². The van der Waals surface area contributed by atoms with Crippen LogP contribution in [0.25, 0.3) is 11.0 Å². The maximum Gasteiger partial charge on any atom is 0.163 e. The van der Waals surface area contributed by atoms with Gasteiger partial charge < -0.3 is 9.52 Å². The van der Waals surface area contributed by atoms with Gasteiger partial charge in [-0.25, -0.2) is 0 Å². The second kappa shape index (κ2) is 5.08. The Hall–Kier alpha value is -1.04. The van der Waals surface area contributed by atoms with E-state index >= 15 is 0 Å². The van der Waals surface area contributed by atoms with Crippen LogP contribution in [0.5, 0.6) is 5.75 Å². The number of carbonyl (C=O) groups is 1. The standard InChI is InChI=1S/C13H13IO3/c1-8(15)12-9(3-2-5-14)7-11-10(13(12)16)4-6-17-11/h4,6-7,16H,2-3,5H2,1H3. The van der Waals surface area contributed by atoms with Crippen LogP contribution in [0.4, 0.5) is 0 Å². The SMILES string of the molecule is CC(=O)c1c(CCCI)cc2occc2c1O. The summed E-state index contributed by atoms with van der Waals surface area (Å²) in [7, 11) is 0. The van der Waals surface area contributed by atoms with Crippen molar-refractivity contribution in [3.05, 3.63) is 29.5 Å². The molecular weight excluding hydrogens is 331 g/mol. The first kappa shape index (κ1) is 12.4. The number of alkyl halides is 1. The van der Waals surface area contributed by atoms with Gasteiger partial charge in [-0.05, 0) is 41.9 Å². The second-order valence-electron chi connectivity index (χ2n) is 3.94. The number of Topliss-reactive ketones (excluding diaryl/α,β-unsaturated/α-hetero) is 1. The van der Waals surface area contributed by atoms with Crippen LogP contribution in [-0.2, 0) is 6.42 Å². The smallest absolute Gasteiger partial charge is 0.163 e. The van der Waals surface area contributed by atoms with Gasteiger partial charge in [0.25, 0.3) is 0 Å². The van der Waals surface area contributed by atoms with E-state index in [1.807, 2.05) is 6.07 Å². The molecule has 0 saturated carbocycles. The lowest BCUT2D eigenvalue weighted by molar-refractivity contribution is 0.101. The predicted molar refractivity (Wildman–Crippen MR) is 75.1 cm³/mol. The zero-order chi connectivity index (χ0) is 12.4. The van der Waals surface area contributed by atoms with Crippen molar-refractivity contribution in [3.8, 4) is 5.75 Å². The molecule has 0 aliphatic rings. The molecular formula is C13H13IO3. The summed E-state index contributed by atoms with van der Waals surface area (Å²) in [5, 5.41) is 10.7. The molecule has 1 aromatic heterocycles. The molecule has 0 saturated heterocycles. The molecule has 0 radical (unpaired) electrons. The molecule has 0 aliphatic heterocycles. The lowest BCUT2D eigenvalue weighted by Gasteiger charge is -2.09. The first-order chi connectivity index (χ1) is 8.15. The molecule has 2 aromatic rings. The second-order valence-corrected chi connectivity index (χ2v) is 5.02. The fourth-order valence-corrected chi connectivity index (χ4v) is 2.37. The number of aryl methyl sites for hydroxylation is 1. The number of hydrogen-bond donors (Lipinski definition) is 1. The van der Waals surface area contributed by atoms with E-state index in [-0.39, 0.29) is 11.5 Å². The summed E-state index contributed by atoms with van der Waals surface area (Å²) in [6.45, 7) is 1.48. The predicted octanol–water partition coefficient (Wildman–Crippen LogP) is 3.71. The van der Waals surface area contributed by atoms with E-state index in [1.165, 1.54) is 13.2 Å². The molecule has 1 N–H and O–H groups in total. The van der Waals surface area contributed by atoms with Gasteiger partial charge in [0, 0.05) is 0 Å². The molecule has 1 aromatic carbocycles. The minimum Gasteiger partial charge on any atom is -0.506 e. The van der Waals surface area contributed by atoms with Crippen molar-refractivity contribution >= 4 is 39.3 Å². The zero-order valence-corrected chi connectivity index (χ0v) is 11.7. The van der Waals surface area contributed by atoms with Gasteiger partial charge in [0.05, 0.1) is 17.2 Å². The highest BCUT2D eigenvalue weighted by Gasteiger charge is 2.17. The first-order valence-electron chi connectivity index (χ1n) is 5.44. The minimum atomic E-state index is -0.103. The third-order valence-corrected chi connectivity index (χ3v) is 3.51. The number of ketones is 1. The van der Waals surface area contributed by atoms with Crippen molar-refractivity contribution in [2.45, 2.75) is 19.8 Å². The molecule has 0 spiro atoms. The van der Waals surface area contributed by atoms with Crippen LogP contribution in [0, 0.1) is 0 Å². The third kappa shape index (κ3) is 2.31. The van der Waals surface area contributed by atoms with Crippen molar-refractivity contribution in [1.29, 1.82) is 0 Å². The summed E-state index contributed by atoms with van der Waals surface area (Å²) in [5.41, 5.74) is 1.94. The van der Waals surface area contributed by atoms with Crippen LogP contribution < -0.4 is 0 Å². The molecule has 3 nitrogen and oxygen atoms in total. The Morgan fingerprint density at radius 3 is 2.94 bits per heavy atom. The summed E-state index contributed by atoms with van der Waals surface area (Å²) in [6, 6.07) is 3.54. The van der Waals surface area contributed by atoms with Crippen LogP contribution in [0.2, 0.25) is 0 Å². The number of phenolic OH excluding ortho intramolecular Hbond substituents is 1. The molecule has 2 rings (SSSR count). The zero-order valence-electron chi connectivity index (χ0n) is 9.50. The van der Waals surface area contributed by atoms with Gasteiger partial charge >= 0.3 is 0 Å². The Morgan fingerprint density at radius 2 is 2.29 bits per heavy atom. The van der Waals surface area contributed by atoms with E-state index in [0.717, 1.165) is 22.8 Å². The topological polar surface area (TPSA) is 50.4 Å². The minimum absolute atomic E-state index is 0.0483. The van der Waals surface area contributed by atoms with Crippen molar-refractivity contribution in [2.75, 3.05) is 4.43 Å². The molecule has 1 heterocycles. The molecule has 0 bridgehead atoms. The average Bonchev–Trinajstić information content (AvgIpc) is 2.74. The van der Waals surface area contributed by atoms with Crippen molar-refractivity contribution in [2.24, 2.45) is 0 Å². The molecule has 0 unspecified atom stereocenters. The molecule has 0 aliphatic carbocycles. The van der Waals surface area contributed by atoms with Crippen LogP contribution in [0.15, 0.2) is 22.8 Å². The van der Waals surface area contributed by atoms with Crippen molar-refractivity contribution < 1.29 is 14.3 Å². The Morgan fingerprint density at radius 1 is 1.53 bits per heavy atom. The maximum atomic E-state index is 11.6. The number of phenols is 1. The Kier molecular flexibility index (Phi) is 3.71. The van der Waals surface area contributed by atoms with E-state index in [1.54, 1.807) is 6.07 Å². The van der Waals surface area contributed by atoms with Gasteiger partial charge in [0.1, 0.15) is 11.3 Å². The largest absolute Gasteiger partial charge is 0.506 e. The van der Waals surface area contributed by atoms with Crippen LogP contribution in [-0.4, -0.2) is 15.3 Å². The van der Waals surface area contributed by atoms with Gasteiger partial charge in [0.2, 0.25) is 0 Å². The first-order valence-corrected chi connectivity index (χ1v) is 6.96. The van der Waals surface area contributed by atoms with Crippen LogP contribution in [0.1, 0.15) is 29.3 Å². The van der Waals surface area contributed by atoms with Crippen molar-refractivity contribution in [1.82, 2.24) is 0 Å². The Labute approximate surface area is 113 Å². The molecule has 0 fully saturated rings. The molecule has 17 heavy (non-hydrogen) atoms. The Bertz CT molecular complexity index is 557. The highest BCUT2D eigenvalue weighted by atomic mass is 127. The molecule has 0 amide bonds. The van der Waals surface area contributed by atoms with Gasteiger partial charge in [-0.15, -0.1) is 0 Å². The number of aromatic hydroxyl groups is 1. The summed E-state index contributed by atoms with van der Waals surface area (Å²) >= 11 is 2.30. The Balaban J connectivity index is 2.62. The maximum absolute atomic E-state index is 11.6. The monoisotopic (exact) mass is 344 g/mol. The average molecular weight is 344 g/mol. The lowest BCUT2D eigenvalue weighted by atomic mass is 9.97. The molecule has 4 heteroatoms. The van der Waals surface area contributed by atoms with E-state index in [0.29, 0.717) is 16.5 Å². The summed E-state index contributed by atoms with van der Waals surface area (Å²) < 4.78 is 6.30. The highest BCUT2D eigenvalue weighted by Crippen LogP contribution is 2.33. The number of carbonyl (C=O) groups excluding carboxylic acids is 1. The summed E-state index contributed by atoms with van der Waals surface area (Å²) in [6.07, 6.45) is 3.28. The number of halogens is 1. The molecule has 90 valence electrons. The number of benzene rings is 1. The van der Waals surface area contributed by atoms with E-state index < -0.39 is 0 Å². The van der Waals surface area contributed by atoms with E-state index in [4.69, 9.17) is 4.42 Å².